The molecule has 9 heteroatoms. The Bertz CT molecular complexity index is 1380. The molecule has 7 atom stereocenters. The van der Waals surface area contributed by atoms with Crippen LogP contribution in [0, 0.1) is 40.8 Å². The van der Waals surface area contributed by atoms with Gasteiger partial charge in [-0.05, 0) is 85.8 Å². The maximum atomic E-state index is 15.1. The Labute approximate surface area is 227 Å². The number of nitriles is 1. The summed E-state index contributed by atoms with van der Waals surface area (Å²) in [6, 6.07) is 11.5. The van der Waals surface area contributed by atoms with Crippen molar-refractivity contribution in [3.05, 3.63) is 59.4 Å². The molecule has 3 unspecified atom stereocenters. The Hall–Kier alpha value is -3.93. The molecule has 0 spiro atoms. The van der Waals surface area contributed by atoms with E-state index in [4.69, 9.17) is 10.5 Å². The average molecular weight is 533 g/mol. The number of halogens is 1. The number of benzene rings is 2. The molecule has 1 heterocycles. The lowest BCUT2D eigenvalue weighted by Gasteiger charge is -2.35. The first-order chi connectivity index (χ1) is 18.4. The minimum atomic E-state index is -0.983. The topological polar surface area (TPSA) is 126 Å². The molecule has 3 amide bonds. The number of fused-ring (bicyclic) bond motifs is 5. The maximum Gasteiger partial charge on any atom is 0.411 e. The summed E-state index contributed by atoms with van der Waals surface area (Å²) in [5.41, 5.74) is 6.42. The number of rotatable bonds is 6. The van der Waals surface area contributed by atoms with Gasteiger partial charge in [0.1, 0.15) is 23.5 Å². The van der Waals surface area contributed by atoms with E-state index in [1.807, 2.05) is 0 Å². The number of primary amides is 1. The van der Waals surface area contributed by atoms with Gasteiger partial charge in [0, 0.05) is 18.0 Å². The van der Waals surface area contributed by atoms with Crippen LogP contribution in [0.25, 0.3) is 11.1 Å². The van der Waals surface area contributed by atoms with Crippen molar-refractivity contribution in [1.29, 1.82) is 5.26 Å². The second-order valence-corrected chi connectivity index (χ2v) is 12.0. The van der Waals surface area contributed by atoms with Crippen LogP contribution in [0.5, 0.6) is 0 Å². The summed E-state index contributed by atoms with van der Waals surface area (Å²) < 4.78 is 20.7. The van der Waals surface area contributed by atoms with Gasteiger partial charge in [0.2, 0.25) is 11.8 Å². The van der Waals surface area contributed by atoms with Crippen LogP contribution in [0.4, 0.5) is 9.18 Å². The second-order valence-electron chi connectivity index (χ2n) is 12.0. The van der Waals surface area contributed by atoms with Gasteiger partial charge in [0.05, 0.1) is 6.07 Å². The second kappa shape index (κ2) is 9.67. The average Bonchev–Trinajstić information content (AvgIpc) is 3.21. The molecule has 1 aliphatic heterocycles. The summed E-state index contributed by atoms with van der Waals surface area (Å²) in [4.78, 5) is 39.7. The van der Waals surface area contributed by atoms with E-state index >= 15 is 4.39 Å². The standard InChI is InChI=1S/C30H33FN4O4/c1-15-24-21-13-23(25(15)24)35(29(38)39-30(2,3)4)26(21)28(37)34-20(14-32)11-18-9-8-17(12-22(18)31)16-6-5-7-19(10-16)27(33)36/h5-10,12,15,20-21,23-26H,11,13H2,1-4H3,(H2,33,36)(H,34,37)/t15?,20-,21+,23-,24?,25?,26-/m0/s1. The highest BCUT2D eigenvalue weighted by Crippen LogP contribution is 2.67. The molecule has 2 aromatic rings. The van der Waals surface area contributed by atoms with Crippen molar-refractivity contribution in [2.45, 2.75) is 64.3 Å². The van der Waals surface area contributed by atoms with Crippen molar-refractivity contribution in [2.75, 3.05) is 0 Å². The van der Waals surface area contributed by atoms with Gasteiger partial charge in [0.25, 0.3) is 0 Å². The number of hydrogen-bond donors (Lipinski definition) is 2. The molecule has 3 N–H and O–H groups in total. The summed E-state index contributed by atoms with van der Waals surface area (Å²) in [6.07, 6.45) is 0.204. The number of nitrogens with zero attached hydrogens (tertiary/aromatic N) is 2. The Morgan fingerprint density at radius 3 is 2.54 bits per heavy atom. The Kier molecular flexibility index (Phi) is 6.61. The molecule has 2 saturated carbocycles. The maximum absolute atomic E-state index is 15.1. The fraction of sp³-hybridized carbons (Fsp3) is 0.467. The SMILES string of the molecule is CC1C2C1[C@@H]1C[C@H]2[C@@H](C(=O)N[C@H](C#N)Cc2ccc(-c3cccc(C(N)=O)c3)cc2F)N1C(=O)OC(C)(C)C. The van der Waals surface area contributed by atoms with Crippen molar-refractivity contribution in [1.82, 2.24) is 10.2 Å². The first-order valence-corrected chi connectivity index (χ1v) is 13.3. The number of nitrogens with two attached hydrogens (primary N) is 1. The summed E-state index contributed by atoms with van der Waals surface area (Å²) >= 11 is 0. The number of carbonyl (C=O) groups is 3. The van der Waals surface area contributed by atoms with Crippen LogP contribution in [-0.4, -0.2) is 46.5 Å². The zero-order valence-corrected chi connectivity index (χ0v) is 22.5. The molecule has 2 aliphatic carbocycles. The quantitative estimate of drug-likeness (QED) is 0.581. The molecule has 5 rings (SSSR count). The predicted molar refractivity (Wildman–Crippen MR) is 142 cm³/mol. The molecule has 2 aromatic carbocycles. The molecule has 1 saturated heterocycles. The third-order valence-electron chi connectivity index (χ3n) is 8.34. The first kappa shape index (κ1) is 26.7. The highest BCUT2D eigenvalue weighted by atomic mass is 19.1. The van der Waals surface area contributed by atoms with E-state index in [0.29, 0.717) is 34.4 Å². The van der Waals surface area contributed by atoms with E-state index in [2.05, 4.69) is 18.3 Å². The fourth-order valence-electron chi connectivity index (χ4n) is 6.69. The van der Waals surface area contributed by atoms with E-state index in [9.17, 15) is 19.6 Å². The molecule has 2 bridgehead atoms. The van der Waals surface area contributed by atoms with Gasteiger partial charge in [-0.3, -0.25) is 14.5 Å². The lowest BCUT2D eigenvalue weighted by atomic mass is 9.94. The highest BCUT2D eigenvalue weighted by molar-refractivity contribution is 5.94. The number of carbonyl (C=O) groups excluding carboxylic acids is 3. The van der Waals surface area contributed by atoms with E-state index in [0.717, 1.165) is 6.42 Å². The number of hydrogen-bond acceptors (Lipinski definition) is 5. The Balaban J connectivity index is 1.31. The van der Waals surface area contributed by atoms with Gasteiger partial charge in [-0.2, -0.15) is 5.26 Å². The summed E-state index contributed by atoms with van der Waals surface area (Å²) in [6.45, 7) is 7.52. The van der Waals surface area contributed by atoms with Crippen molar-refractivity contribution >= 4 is 17.9 Å². The monoisotopic (exact) mass is 532 g/mol. The van der Waals surface area contributed by atoms with Crippen LogP contribution < -0.4 is 11.1 Å². The zero-order chi connectivity index (χ0) is 28.2. The Morgan fingerprint density at radius 1 is 1.18 bits per heavy atom. The van der Waals surface area contributed by atoms with Crippen molar-refractivity contribution in [3.63, 3.8) is 0 Å². The molecule has 8 nitrogen and oxygen atoms in total. The minimum absolute atomic E-state index is 0.0223. The normalized spacial score (nSPS) is 27.3. The lowest BCUT2D eigenvalue weighted by Crippen LogP contribution is -2.56. The van der Waals surface area contributed by atoms with Crippen LogP contribution >= 0.6 is 0 Å². The molecule has 3 aliphatic rings. The van der Waals surface area contributed by atoms with Crippen molar-refractivity contribution in [3.8, 4) is 17.2 Å². The molecule has 204 valence electrons. The van der Waals surface area contributed by atoms with Gasteiger partial charge >= 0.3 is 6.09 Å². The Morgan fingerprint density at radius 2 is 1.90 bits per heavy atom. The van der Waals surface area contributed by atoms with E-state index in [1.54, 1.807) is 62.1 Å². The largest absolute Gasteiger partial charge is 0.444 e. The van der Waals surface area contributed by atoms with Crippen molar-refractivity contribution < 1.29 is 23.5 Å². The smallest absolute Gasteiger partial charge is 0.411 e. The molecular formula is C30H33FN4O4. The van der Waals surface area contributed by atoms with Gasteiger partial charge < -0.3 is 15.8 Å². The number of ether oxygens (including phenoxy) is 1. The molecule has 0 radical (unpaired) electrons. The van der Waals surface area contributed by atoms with Crippen LogP contribution in [0.3, 0.4) is 0 Å². The van der Waals surface area contributed by atoms with Crippen LogP contribution in [0.15, 0.2) is 42.5 Å². The predicted octanol–water partition coefficient (Wildman–Crippen LogP) is 4.03. The van der Waals surface area contributed by atoms with E-state index in [-0.39, 0.29) is 23.9 Å². The molecule has 3 fully saturated rings. The summed E-state index contributed by atoms with van der Waals surface area (Å²) in [5.74, 6) is -0.269. The fourth-order valence-corrected chi connectivity index (χ4v) is 6.69. The molecule has 0 aromatic heterocycles. The summed E-state index contributed by atoms with van der Waals surface area (Å²) in [5, 5.41) is 12.6. The molecule has 39 heavy (non-hydrogen) atoms. The molecular weight excluding hydrogens is 499 g/mol. The zero-order valence-electron chi connectivity index (χ0n) is 22.5. The van der Waals surface area contributed by atoms with Crippen LogP contribution in [0.1, 0.15) is 50.0 Å². The van der Waals surface area contributed by atoms with E-state index in [1.165, 1.54) is 6.07 Å². The highest BCUT2D eigenvalue weighted by Gasteiger charge is 2.71. The van der Waals surface area contributed by atoms with Gasteiger partial charge in [-0.25, -0.2) is 9.18 Å². The van der Waals surface area contributed by atoms with Gasteiger partial charge in [-0.1, -0.05) is 31.2 Å². The minimum Gasteiger partial charge on any atom is -0.444 e. The summed E-state index contributed by atoms with van der Waals surface area (Å²) in [7, 11) is 0. The van der Waals surface area contributed by atoms with Crippen molar-refractivity contribution in [2.24, 2.45) is 29.4 Å². The number of nitrogens with one attached hydrogen (secondary N) is 1. The van der Waals surface area contributed by atoms with Gasteiger partial charge in [-0.15, -0.1) is 0 Å². The third kappa shape index (κ3) is 4.96. The first-order valence-electron chi connectivity index (χ1n) is 13.3. The van der Waals surface area contributed by atoms with Crippen LogP contribution in [-0.2, 0) is 16.0 Å². The van der Waals surface area contributed by atoms with Gasteiger partial charge in [0.15, 0.2) is 0 Å². The number of amides is 3. The third-order valence-corrected chi connectivity index (χ3v) is 8.34. The van der Waals surface area contributed by atoms with Crippen LogP contribution in [0.2, 0.25) is 0 Å². The number of piperidine rings is 1. The number of likely N-dealkylation sites (tertiary alicyclic amines) is 1. The lowest BCUT2D eigenvalue weighted by molar-refractivity contribution is -0.128. The van der Waals surface area contributed by atoms with E-state index < -0.39 is 41.4 Å².